The van der Waals surface area contributed by atoms with Gasteiger partial charge in [0.2, 0.25) is 0 Å². The minimum atomic E-state index is -1.28. The summed E-state index contributed by atoms with van der Waals surface area (Å²) >= 11 is 0. The summed E-state index contributed by atoms with van der Waals surface area (Å²) in [7, 11) is 1.00. The summed E-state index contributed by atoms with van der Waals surface area (Å²) in [6.07, 6.45) is 12.3. The fourth-order valence-corrected chi connectivity index (χ4v) is 4.94. The van der Waals surface area contributed by atoms with Crippen LogP contribution in [0.4, 0.5) is 0 Å². The predicted molar refractivity (Wildman–Crippen MR) is 224 cm³/mol. The van der Waals surface area contributed by atoms with Gasteiger partial charge in [0.1, 0.15) is 46.9 Å². The maximum absolute atomic E-state index is 9.86. The molecule has 8 aromatic heterocycles. The number of aliphatic hydroxyl groups excluding tert-OH is 1. The van der Waals surface area contributed by atoms with Crippen LogP contribution in [0.5, 0.6) is 0 Å². The first-order valence-corrected chi connectivity index (χ1v) is 17.7. The van der Waals surface area contributed by atoms with Crippen molar-refractivity contribution in [3.05, 3.63) is 194 Å². The molecule has 0 aliphatic heterocycles. The Bertz CT molecular complexity index is 2520. The zero-order chi connectivity index (χ0) is 44.7. The molecule has 10 aromatic rings. The molecule has 8 heterocycles. The van der Waals surface area contributed by atoms with Gasteiger partial charge in [-0.25, -0.2) is 0 Å². The van der Waals surface area contributed by atoms with Gasteiger partial charge in [0.25, 0.3) is 0 Å². The number of carbonyl (C=O) groups excluding carboxylic acids is 4. The number of benzene rings is 2. The second kappa shape index (κ2) is 30.9. The second-order valence-electron chi connectivity index (χ2n) is 11.5. The van der Waals surface area contributed by atoms with Gasteiger partial charge in [0.15, 0.2) is 0 Å². The number of aliphatic hydroxyl groups is 1. The smallest absolute Gasteiger partial charge is 0.542 e. The van der Waals surface area contributed by atoms with Crippen LogP contribution in [0.25, 0.3) is 43.6 Å². The van der Waals surface area contributed by atoms with E-state index in [-0.39, 0.29) is 68.1 Å². The fourth-order valence-electron chi connectivity index (χ4n) is 4.94. The van der Waals surface area contributed by atoms with Gasteiger partial charge in [-0.3, -0.25) is 19.9 Å². The van der Waals surface area contributed by atoms with E-state index in [9.17, 15) is 39.6 Å². The number of fused-ring (bicyclic) bond motifs is 6. The summed E-state index contributed by atoms with van der Waals surface area (Å²) < 4.78 is 17.7. The molecule has 66 heavy (non-hydrogen) atoms. The largest absolute Gasteiger partial charge is 2.00 e. The molecule has 7 N–H and O–H groups in total. The Balaban J connectivity index is 0.000000769. The van der Waals surface area contributed by atoms with Crippen molar-refractivity contribution >= 4 is 67.5 Å². The number of hydrogen-bond donors (Lipinski definition) is 1. The van der Waals surface area contributed by atoms with E-state index >= 15 is 0 Å². The van der Waals surface area contributed by atoms with Crippen LogP contribution in [0.15, 0.2) is 189 Å². The summed E-state index contributed by atoms with van der Waals surface area (Å²) in [6.45, 7) is 0. The van der Waals surface area contributed by atoms with Crippen LogP contribution in [0.3, 0.4) is 0 Å². The Morgan fingerprint density at radius 3 is 0.697 bits per heavy atom. The Labute approximate surface area is 394 Å². The molecule has 0 aliphatic rings. The zero-order valence-corrected chi connectivity index (χ0v) is 35.9. The van der Waals surface area contributed by atoms with Crippen molar-refractivity contribution in [2.45, 2.75) is 0 Å². The molecule has 0 atom stereocenters. The molecule has 0 saturated carbocycles. The summed E-state index contributed by atoms with van der Waals surface area (Å²) in [6, 6.07) is 35.6. The van der Waals surface area contributed by atoms with Crippen molar-refractivity contribution < 1.29 is 107 Å². The Kier molecular flexibility index (Phi) is 27.2. The minimum absolute atomic E-state index is 0. The SMILES string of the molecule is CO.O=C([O-])c1ccco1.O=C([O-])c1ccco1.O=C([O-])c1ccco1.O=C([O-])c1ccco1.[Cu+2].[Cu+2].[OH3+].[OH3+].c1cnc2c(c1)ccc1cccnc12.c1cnc2c(c1)ccc1cccnc12. The third-order valence-electron chi connectivity index (χ3n) is 7.58. The number of carboxylic acids is 4. The molecule has 0 saturated heterocycles. The molecule has 10 rings (SSSR count). The number of hydrogen-bond acceptors (Lipinski definition) is 17. The maximum Gasteiger partial charge on any atom is 2.00 e. The summed E-state index contributed by atoms with van der Waals surface area (Å²) in [5.41, 5.74) is 3.91. The Hall–Kier alpha value is -8.00. The first kappa shape index (κ1) is 58.0. The van der Waals surface area contributed by atoms with Crippen LogP contribution in [-0.2, 0) is 45.1 Å². The van der Waals surface area contributed by atoms with E-state index in [1.165, 1.54) is 73.6 Å². The van der Waals surface area contributed by atoms with Crippen molar-refractivity contribution in [2.75, 3.05) is 7.11 Å². The number of aromatic carboxylic acids is 4. The van der Waals surface area contributed by atoms with Gasteiger partial charge >= 0.3 is 34.1 Å². The van der Waals surface area contributed by atoms with Gasteiger partial charge in [-0.05, 0) is 72.8 Å². The number of rotatable bonds is 4. The molecular formula is C45H38Cu2N4O15+2. The van der Waals surface area contributed by atoms with E-state index in [1.807, 2.05) is 24.3 Å². The van der Waals surface area contributed by atoms with Crippen LogP contribution in [0.2, 0.25) is 0 Å². The first-order chi connectivity index (χ1) is 30.1. The molecule has 0 amide bonds. The van der Waals surface area contributed by atoms with E-state index in [1.54, 1.807) is 24.8 Å². The van der Waals surface area contributed by atoms with E-state index < -0.39 is 23.9 Å². The quantitative estimate of drug-likeness (QED) is 0.149. The van der Waals surface area contributed by atoms with E-state index in [4.69, 9.17) is 5.11 Å². The van der Waals surface area contributed by atoms with Crippen molar-refractivity contribution in [3.63, 3.8) is 0 Å². The number of carboxylic acid groups (broad SMARTS) is 4. The fraction of sp³-hybridized carbons (Fsp3) is 0.0222. The second-order valence-corrected chi connectivity index (χ2v) is 11.5. The van der Waals surface area contributed by atoms with E-state index in [0.29, 0.717) is 0 Å². The third-order valence-corrected chi connectivity index (χ3v) is 7.58. The van der Waals surface area contributed by atoms with Gasteiger partial charge in [-0.1, -0.05) is 48.5 Å². The van der Waals surface area contributed by atoms with E-state index in [0.717, 1.165) is 50.7 Å². The molecule has 0 bridgehead atoms. The summed E-state index contributed by atoms with van der Waals surface area (Å²) in [4.78, 5) is 56.8. The van der Waals surface area contributed by atoms with Gasteiger partial charge < -0.3 is 73.3 Å². The molecular weight excluding hydrogens is 964 g/mol. The molecule has 2 radical (unpaired) electrons. The molecule has 0 aliphatic carbocycles. The zero-order valence-electron chi connectivity index (χ0n) is 34.1. The average Bonchev–Trinajstić information content (AvgIpc) is 4.17. The number of carbonyl (C=O) groups is 4. The standard InChI is InChI=1S/2C12H8N2.4C5H4O3.CH4O.2Cu.2H2O/c2*1-3-9-5-6-10-4-2-8-14-12(10)11(9)13-7-1;4*6-5(7)4-2-1-3-8-4;1-2;;;;/h2*1-8H;4*1-3H,(H,6,7);2H,1H3;;;2*1H2/q;;;;;;;2*+2;;/p-2. The van der Waals surface area contributed by atoms with Crippen molar-refractivity contribution in [3.8, 4) is 0 Å². The van der Waals surface area contributed by atoms with Crippen LogP contribution in [0.1, 0.15) is 42.2 Å². The van der Waals surface area contributed by atoms with Crippen molar-refractivity contribution in [2.24, 2.45) is 0 Å². The van der Waals surface area contributed by atoms with Crippen molar-refractivity contribution in [1.82, 2.24) is 19.9 Å². The van der Waals surface area contributed by atoms with E-state index in [2.05, 4.69) is 86.1 Å². The monoisotopic (exact) mass is 1000 g/mol. The predicted octanol–water partition coefficient (Wildman–Crippen LogP) is 1.90. The number of furan rings is 4. The average molecular weight is 1000 g/mol. The van der Waals surface area contributed by atoms with Gasteiger partial charge in [-0.2, -0.15) is 0 Å². The molecule has 0 unspecified atom stereocenters. The molecule has 0 spiro atoms. The normalized spacial score (nSPS) is 9.06. The number of pyridine rings is 4. The Morgan fingerprint density at radius 1 is 0.364 bits per heavy atom. The number of aromatic nitrogens is 4. The van der Waals surface area contributed by atoms with Crippen LogP contribution >= 0.6 is 0 Å². The van der Waals surface area contributed by atoms with Gasteiger partial charge in [0, 0.05) is 53.4 Å². The number of nitrogens with zero attached hydrogens (tertiary/aromatic N) is 4. The molecule has 2 aromatic carbocycles. The Morgan fingerprint density at radius 2 is 0.561 bits per heavy atom. The third kappa shape index (κ3) is 17.6. The van der Waals surface area contributed by atoms with Crippen LogP contribution in [0, 0.1) is 0 Å². The topological polar surface area (TPSA) is 351 Å². The summed E-state index contributed by atoms with van der Waals surface area (Å²) in [5.74, 6) is -5.67. The maximum atomic E-state index is 9.86. The van der Waals surface area contributed by atoms with Crippen LogP contribution in [-0.4, -0.2) is 56.0 Å². The summed E-state index contributed by atoms with van der Waals surface area (Å²) in [5, 5.41) is 51.0. The van der Waals surface area contributed by atoms with Gasteiger partial charge in [-0.15, -0.1) is 0 Å². The molecule has 19 nitrogen and oxygen atoms in total. The molecule has 21 heteroatoms. The van der Waals surface area contributed by atoms with Crippen molar-refractivity contribution in [1.29, 1.82) is 0 Å². The minimum Gasteiger partial charge on any atom is -0.542 e. The molecule has 0 fully saturated rings. The van der Waals surface area contributed by atoms with Crippen LogP contribution < -0.4 is 20.4 Å². The molecule has 348 valence electrons. The first-order valence-electron chi connectivity index (χ1n) is 17.7. The van der Waals surface area contributed by atoms with Gasteiger partial charge in [0.05, 0.1) is 47.1 Å².